The molecule has 1 aromatic heterocycles. The third kappa shape index (κ3) is 4.76. The SMILES string of the molecule is O=C(NCC1CCCCCN1)c1ccc(Nc2ncccn2)cc1. The molecular weight excluding hydrogens is 302 g/mol. The summed E-state index contributed by atoms with van der Waals surface area (Å²) < 4.78 is 0. The molecule has 1 amide bonds. The van der Waals surface area contributed by atoms with Crippen molar-refractivity contribution < 1.29 is 4.79 Å². The van der Waals surface area contributed by atoms with Gasteiger partial charge >= 0.3 is 0 Å². The van der Waals surface area contributed by atoms with Crippen LogP contribution in [0.15, 0.2) is 42.7 Å². The van der Waals surface area contributed by atoms with E-state index in [1.807, 2.05) is 12.1 Å². The van der Waals surface area contributed by atoms with Crippen molar-refractivity contribution in [2.75, 3.05) is 18.4 Å². The maximum atomic E-state index is 12.3. The summed E-state index contributed by atoms with van der Waals surface area (Å²) >= 11 is 0. The summed E-state index contributed by atoms with van der Waals surface area (Å²) in [6, 6.07) is 9.47. The Balaban J connectivity index is 1.51. The molecule has 2 aromatic rings. The lowest BCUT2D eigenvalue weighted by molar-refractivity contribution is 0.0949. The van der Waals surface area contributed by atoms with Crippen LogP contribution in [-0.2, 0) is 0 Å². The summed E-state index contributed by atoms with van der Waals surface area (Å²) in [5.41, 5.74) is 1.51. The molecule has 0 aliphatic carbocycles. The van der Waals surface area contributed by atoms with Crippen molar-refractivity contribution in [3.8, 4) is 0 Å². The molecule has 3 N–H and O–H groups in total. The van der Waals surface area contributed by atoms with E-state index in [4.69, 9.17) is 0 Å². The zero-order valence-electron chi connectivity index (χ0n) is 13.7. The summed E-state index contributed by atoms with van der Waals surface area (Å²) in [7, 11) is 0. The smallest absolute Gasteiger partial charge is 0.251 e. The molecule has 0 radical (unpaired) electrons. The van der Waals surface area contributed by atoms with E-state index < -0.39 is 0 Å². The van der Waals surface area contributed by atoms with Crippen LogP contribution in [0.2, 0.25) is 0 Å². The van der Waals surface area contributed by atoms with Crippen molar-refractivity contribution in [3.63, 3.8) is 0 Å². The molecule has 1 aliphatic rings. The number of aromatic nitrogens is 2. The van der Waals surface area contributed by atoms with Crippen molar-refractivity contribution in [1.82, 2.24) is 20.6 Å². The second kappa shape index (κ2) is 8.40. The molecule has 0 bridgehead atoms. The van der Waals surface area contributed by atoms with Crippen molar-refractivity contribution in [2.45, 2.75) is 31.7 Å². The first kappa shape index (κ1) is 16.4. The monoisotopic (exact) mass is 325 g/mol. The van der Waals surface area contributed by atoms with Gasteiger partial charge in [-0.05, 0) is 49.7 Å². The van der Waals surface area contributed by atoms with Gasteiger partial charge in [-0.2, -0.15) is 0 Å². The largest absolute Gasteiger partial charge is 0.350 e. The Labute approximate surface area is 142 Å². The molecule has 24 heavy (non-hydrogen) atoms. The number of hydrogen-bond acceptors (Lipinski definition) is 5. The first-order chi connectivity index (χ1) is 11.8. The van der Waals surface area contributed by atoms with Crippen LogP contribution in [0.25, 0.3) is 0 Å². The van der Waals surface area contributed by atoms with Crippen LogP contribution >= 0.6 is 0 Å². The number of anilines is 2. The Hall–Kier alpha value is -2.47. The third-order valence-corrected chi connectivity index (χ3v) is 4.14. The molecule has 1 saturated heterocycles. The standard InChI is InChI=1S/C18H23N5O/c24-17(22-13-16-5-2-1-3-10-19-16)14-6-8-15(9-7-14)23-18-20-11-4-12-21-18/h4,6-9,11-12,16,19H,1-3,5,10,13H2,(H,22,24)(H,20,21,23). The lowest BCUT2D eigenvalue weighted by atomic mass is 10.1. The molecule has 1 aromatic carbocycles. The normalized spacial score (nSPS) is 17.8. The van der Waals surface area contributed by atoms with Crippen LogP contribution in [0.4, 0.5) is 11.6 Å². The number of rotatable bonds is 5. The van der Waals surface area contributed by atoms with E-state index in [2.05, 4.69) is 25.9 Å². The van der Waals surface area contributed by atoms with E-state index in [0.29, 0.717) is 24.1 Å². The van der Waals surface area contributed by atoms with Gasteiger partial charge in [0.1, 0.15) is 0 Å². The van der Waals surface area contributed by atoms with Crippen LogP contribution in [-0.4, -0.2) is 35.0 Å². The van der Waals surface area contributed by atoms with Gasteiger partial charge < -0.3 is 16.0 Å². The molecule has 0 saturated carbocycles. The van der Waals surface area contributed by atoms with Crippen molar-refractivity contribution >= 4 is 17.5 Å². The van der Waals surface area contributed by atoms with Gasteiger partial charge in [-0.1, -0.05) is 12.8 Å². The highest BCUT2D eigenvalue weighted by Crippen LogP contribution is 2.13. The molecule has 1 atom stereocenters. The fraction of sp³-hybridized carbons (Fsp3) is 0.389. The van der Waals surface area contributed by atoms with Gasteiger partial charge in [0.2, 0.25) is 5.95 Å². The molecule has 6 nitrogen and oxygen atoms in total. The van der Waals surface area contributed by atoms with Gasteiger partial charge in [-0.15, -0.1) is 0 Å². The fourth-order valence-corrected chi connectivity index (χ4v) is 2.79. The van der Waals surface area contributed by atoms with Gasteiger partial charge in [0.15, 0.2) is 0 Å². The van der Waals surface area contributed by atoms with Crippen LogP contribution < -0.4 is 16.0 Å². The van der Waals surface area contributed by atoms with E-state index >= 15 is 0 Å². The summed E-state index contributed by atoms with van der Waals surface area (Å²) in [4.78, 5) is 20.5. The van der Waals surface area contributed by atoms with Gasteiger partial charge in [0, 0.05) is 36.2 Å². The van der Waals surface area contributed by atoms with Gasteiger partial charge in [0.05, 0.1) is 0 Å². The molecule has 1 unspecified atom stereocenters. The van der Waals surface area contributed by atoms with E-state index in [-0.39, 0.29) is 5.91 Å². The average molecular weight is 325 g/mol. The quantitative estimate of drug-likeness (QED) is 0.787. The van der Waals surface area contributed by atoms with Crippen LogP contribution in [0.3, 0.4) is 0 Å². The summed E-state index contributed by atoms with van der Waals surface area (Å²) in [6.45, 7) is 1.72. The lowest BCUT2D eigenvalue weighted by Crippen LogP contribution is -2.40. The zero-order valence-corrected chi connectivity index (χ0v) is 13.7. The van der Waals surface area contributed by atoms with E-state index in [9.17, 15) is 4.79 Å². The Kier molecular flexibility index (Phi) is 5.74. The third-order valence-electron chi connectivity index (χ3n) is 4.14. The number of amides is 1. The zero-order chi connectivity index (χ0) is 16.6. The van der Waals surface area contributed by atoms with Crippen LogP contribution in [0.5, 0.6) is 0 Å². The molecule has 2 heterocycles. The average Bonchev–Trinajstić information content (AvgIpc) is 2.90. The molecule has 3 rings (SSSR count). The predicted molar refractivity (Wildman–Crippen MR) is 94.3 cm³/mol. The highest BCUT2D eigenvalue weighted by molar-refractivity contribution is 5.94. The molecule has 0 spiro atoms. The van der Waals surface area contributed by atoms with Crippen LogP contribution in [0, 0.1) is 0 Å². The Morgan fingerprint density at radius 2 is 1.92 bits per heavy atom. The summed E-state index contributed by atoms with van der Waals surface area (Å²) in [6.07, 6.45) is 8.22. The Morgan fingerprint density at radius 3 is 2.71 bits per heavy atom. The number of benzene rings is 1. The summed E-state index contributed by atoms with van der Waals surface area (Å²) in [5.74, 6) is 0.498. The Morgan fingerprint density at radius 1 is 1.12 bits per heavy atom. The Bertz CT molecular complexity index is 636. The number of carbonyl (C=O) groups excluding carboxylic acids is 1. The number of nitrogens with zero attached hydrogens (tertiary/aromatic N) is 2. The predicted octanol–water partition coefficient (Wildman–Crippen LogP) is 2.48. The molecule has 6 heteroatoms. The van der Waals surface area contributed by atoms with Crippen molar-refractivity contribution in [3.05, 3.63) is 48.3 Å². The number of hydrogen-bond donors (Lipinski definition) is 3. The molecule has 126 valence electrons. The molecular formula is C18H23N5O. The second-order valence-electron chi connectivity index (χ2n) is 5.99. The van der Waals surface area contributed by atoms with Gasteiger partial charge in [-0.25, -0.2) is 9.97 Å². The van der Waals surface area contributed by atoms with Crippen molar-refractivity contribution in [1.29, 1.82) is 0 Å². The minimum Gasteiger partial charge on any atom is -0.350 e. The highest BCUT2D eigenvalue weighted by Gasteiger charge is 2.13. The van der Waals surface area contributed by atoms with Gasteiger partial charge in [0.25, 0.3) is 5.91 Å². The highest BCUT2D eigenvalue weighted by atomic mass is 16.1. The first-order valence-corrected chi connectivity index (χ1v) is 8.47. The summed E-state index contributed by atoms with van der Waals surface area (Å²) in [5, 5.41) is 9.60. The van der Waals surface area contributed by atoms with E-state index in [0.717, 1.165) is 18.7 Å². The van der Waals surface area contributed by atoms with E-state index in [1.54, 1.807) is 30.6 Å². The molecule has 1 aliphatic heterocycles. The topological polar surface area (TPSA) is 78.9 Å². The minimum atomic E-state index is -0.0384. The van der Waals surface area contributed by atoms with Gasteiger partial charge in [-0.3, -0.25) is 4.79 Å². The second-order valence-corrected chi connectivity index (χ2v) is 5.99. The first-order valence-electron chi connectivity index (χ1n) is 8.47. The maximum absolute atomic E-state index is 12.3. The lowest BCUT2D eigenvalue weighted by Gasteiger charge is -2.16. The fourth-order valence-electron chi connectivity index (χ4n) is 2.79. The molecule has 1 fully saturated rings. The van der Waals surface area contributed by atoms with Crippen LogP contribution in [0.1, 0.15) is 36.0 Å². The maximum Gasteiger partial charge on any atom is 0.251 e. The van der Waals surface area contributed by atoms with Crippen molar-refractivity contribution in [2.24, 2.45) is 0 Å². The van der Waals surface area contributed by atoms with E-state index in [1.165, 1.54) is 19.3 Å². The number of nitrogens with one attached hydrogen (secondary N) is 3. The number of carbonyl (C=O) groups is 1. The minimum absolute atomic E-state index is 0.0384.